The molecule has 0 bridgehead atoms. The van der Waals surface area contributed by atoms with E-state index in [1.54, 1.807) is 0 Å². The van der Waals surface area contributed by atoms with Crippen molar-refractivity contribution in [1.29, 1.82) is 0 Å². The molecule has 124 valence electrons. The summed E-state index contributed by atoms with van der Waals surface area (Å²) in [6.07, 6.45) is 3.67. The van der Waals surface area contributed by atoms with Gasteiger partial charge in [0.1, 0.15) is 0 Å². The van der Waals surface area contributed by atoms with Gasteiger partial charge in [0.05, 0.1) is 12.2 Å². The molecule has 0 atom stereocenters. The average Bonchev–Trinajstić information content (AvgIpc) is 2.52. The van der Waals surface area contributed by atoms with E-state index in [1.165, 1.54) is 0 Å². The minimum atomic E-state index is 0.132. The van der Waals surface area contributed by atoms with Crippen molar-refractivity contribution in [3.63, 3.8) is 0 Å². The lowest BCUT2D eigenvalue weighted by Gasteiger charge is -2.37. The van der Waals surface area contributed by atoms with Crippen LogP contribution in [0.5, 0.6) is 0 Å². The SMILES string of the molecule is O=C(N1CCC1)N1CCc2nc(Nc3cccc(Cl)c3)ncc2C1. The highest BCUT2D eigenvalue weighted by atomic mass is 35.5. The van der Waals surface area contributed by atoms with E-state index in [9.17, 15) is 4.79 Å². The van der Waals surface area contributed by atoms with Crippen LogP contribution < -0.4 is 5.32 Å². The number of nitrogens with zero attached hydrogens (tertiary/aromatic N) is 4. The summed E-state index contributed by atoms with van der Waals surface area (Å²) in [6.45, 7) is 3.04. The highest BCUT2D eigenvalue weighted by Crippen LogP contribution is 2.22. The van der Waals surface area contributed by atoms with E-state index in [1.807, 2.05) is 40.3 Å². The molecule has 2 aliphatic rings. The zero-order chi connectivity index (χ0) is 16.5. The molecule has 0 aliphatic carbocycles. The Bertz CT molecular complexity index is 777. The summed E-state index contributed by atoms with van der Waals surface area (Å²) in [6, 6.07) is 7.58. The second kappa shape index (κ2) is 6.28. The van der Waals surface area contributed by atoms with Crippen LogP contribution in [0.4, 0.5) is 16.4 Å². The molecule has 3 heterocycles. The molecule has 2 aliphatic heterocycles. The highest BCUT2D eigenvalue weighted by molar-refractivity contribution is 6.30. The van der Waals surface area contributed by atoms with E-state index in [0.29, 0.717) is 24.1 Å². The van der Waals surface area contributed by atoms with Crippen molar-refractivity contribution in [3.05, 3.63) is 46.7 Å². The highest BCUT2D eigenvalue weighted by Gasteiger charge is 2.28. The smallest absolute Gasteiger partial charge is 0.320 e. The van der Waals surface area contributed by atoms with Gasteiger partial charge in [0.15, 0.2) is 0 Å². The number of halogens is 1. The molecule has 2 amide bonds. The van der Waals surface area contributed by atoms with E-state index in [0.717, 1.165) is 42.9 Å². The summed E-state index contributed by atoms with van der Waals surface area (Å²) in [5.41, 5.74) is 2.88. The monoisotopic (exact) mass is 343 g/mol. The zero-order valence-electron chi connectivity index (χ0n) is 13.2. The van der Waals surface area contributed by atoms with Gasteiger partial charge in [-0.05, 0) is 24.6 Å². The maximum Gasteiger partial charge on any atom is 0.320 e. The topological polar surface area (TPSA) is 61.4 Å². The number of benzene rings is 1. The summed E-state index contributed by atoms with van der Waals surface area (Å²) >= 11 is 5.99. The molecule has 1 saturated heterocycles. The quantitative estimate of drug-likeness (QED) is 0.910. The number of urea groups is 1. The minimum Gasteiger partial charge on any atom is -0.325 e. The number of amides is 2. The largest absolute Gasteiger partial charge is 0.325 e. The fraction of sp³-hybridized carbons (Fsp3) is 0.353. The van der Waals surface area contributed by atoms with Gasteiger partial charge in [0, 0.05) is 48.5 Å². The number of hydrogen-bond donors (Lipinski definition) is 1. The molecule has 0 saturated carbocycles. The standard InChI is InChI=1S/C17H18ClN5O/c18-13-3-1-4-14(9-13)20-16-19-10-12-11-23(8-5-15(12)21-16)17(24)22-6-2-7-22/h1,3-4,9-10H,2,5-8,11H2,(H,19,20,21). The molecule has 1 N–H and O–H groups in total. The number of fused-ring (bicyclic) bond motifs is 1. The molecule has 24 heavy (non-hydrogen) atoms. The van der Waals surface area contributed by atoms with Crippen molar-refractivity contribution in [3.8, 4) is 0 Å². The first-order valence-electron chi connectivity index (χ1n) is 8.10. The van der Waals surface area contributed by atoms with Crippen LogP contribution in [0.25, 0.3) is 0 Å². The van der Waals surface area contributed by atoms with Crippen molar-refractivity contribution in [2.24, 2.45) is 0 Å². The summed E-state index contributed by atoms with van der Waals surface area (Å²) < 4.78 is 0. The second-order valence-corrected chi connectivity index (χ2v) is 6.53. The van der Waals surface area contributed by atoms with E-state index in [4.69, 9.17) is 11.6 Å². The molecule has 6 nitrogen and oxygen atoms in total. The van der Waals surface area contributed by atoms with E-state index >= 15 is 0 Å². The Balaban J connectivity index is 1.47. The average molecular weight is 344 g/mol. The fourth-order valence-electron chi connectivity index (χ4n) is 2.94. The van der Waals surface area contributed by atoms with Crippen molar-refractivity contribution in [2.45, 2.75) is 19.4 Å². The molecule has 4 rings (SSSR count). The van der Waals surface area contributed by atoms with Gasteiger partial charge in [-0.1, -0.05) is 17.7 Å². The predicted molar refractivity (Wildman–Crippen MR) is 92.5 cm³/mol. The molecule has 0 radical (unpaired) electrons. The molecular formula is C17H18ClN5O. The van der Waals surface area contributed by atoms with Crippen LogP contribution in [0.3, 0.4) is 0 Å². The van der Waals surface area contributed by atoms with Crippen LogP contribution in [-0.4, -0.2) is 45.4 Å². The van der Waals surface area contributed by atoms with Crippen LogP contribution in [-0.2, 0) is 13.0 Å². The van der Waals surface area contributed by atoms with Gasteiger partial charge in [-0.3, -0.25) is 0 Å². The number of likely N-dealkylation sites (tertiary alicyclic amines) is 1. The third kappa shape index (κ3) is 3.01. The Labute approximate surface area is 145 Å². The van der Waals surface area contributed by atoms with E-state index in [-0.39, 0.29) is 6.03 Å². The summed E-state index contributed by atoms with van der Waals surface area (Å²) in [5, 5.41) is 3.83. The summed E-state index contributed by atoms with van der Waals surface area (Å²) in [7, 11) is 0. The first-order valence-corrected chi connectivity index (χ1v) is 8.48. The van der Waals surface area contributed by atoms with Crippen LogP contribution in [0.2, 0.25) is 5.02 Å². The van der Waals surface area contributed by atoms with Crippen molar-refractivity contribution < 1.29 is 4.79 Å². The van der Waals surface area contributed by atoms with Crippen molar-refractivity contribution in [2.75, 3.05) is 25.0 Å². The van der Waals surface area contributed by atoms with Crippen LogP contribution >= 0.6 is 11.6 Å². The number of carbonyl (C=O) groups excluding carboxylic acids is 1. The molecule has 2 aromatic rings. The number of rotatable bonds is 2. The fourth-order valence-corrected chi connectivity index (χ4v) is 3.13. The normalized spacial score (nSPS) is 16.4. The number of anilines is 2. The minimum absolute atomic E-state index is 0.132. The van der Waals surface area contributed by atoms with Gasteiger partial charge in [0.2, 0.25) is 5.95 Å². The lowest BCUT2D eigenvalue weighted by molar-refractivity contribution is 0.122. The van der Waals surface area contributed by atoms with Gasteiger partial charge in [-0.25, -0.2) is 14.8 Å². The second-order valence-electron chi connectivity index (χ2n) is 6.10. The molecule has 1 aromatic heterocycles. The Morgan fingerprint density at radius 1 is 1.21 bits per heavy atom. The van der Waals surface area contributed by atoms with Crippen LogP contribution in [0, 0.1) is 0 Å². The van der Waals surface area contributed by atoms with Gasteiger partial charge in [-0.15, -0.1) is 0 Å². The van der Waals surface area contributed by atoms with E-state index < -0.39 is 0 Å². The lowest BCUT2D eigenvalue weighted by Crippen LogP contribution is -2.50. The van der Waals surface area contributed by atoms with Crippen LogP contribution in [0.15, 0.2) is 30.5 Å². The first kappa shape index (κ1) is 15.2. The Kier molecular flexibility index (Phi) is 3.98. The number of aromatic nitrogens is 2. The first-order chi connectivity index (χ1) is 11.7. The summed E-state index contributed by atoms with van der Waals surface area (Å²) in [4.78, 5) is 25.1. The van der Waals surface area contributed by atoms with Gasteiger partial charge >= 0.3 is 6.03 Å². The predicted octanol–water partition coefficient (Wildman–Crippen LogP) is 3.06. The third-order valence-electron chi connectivity index (χ3n) is 4.41. The maximum atomic E-state index is 12.3. The van der Waals surface area contributed by atoms with Gasteiger partial charge in [-0.2, -0.15) is 0 Å². The zero-order valence-corrected chi connectivity index (χ0v) is 14.0. The van der Waals surface area contributed by atoms with Crippen molar-refractivity contribution in [1.82, 2.24) is 19.8 Å². The molecule has 0 spiro atoms. The Morgan fingerprint density at radius 2 is 2.08 bits per heavy atom. The van der Waals surface area contributed by atoms with E-state index in [2.05, 4.69) is 15.3 Å². The Morgan fingerprint density at radius 3 is 2.83 bits per heavy atom. The van der Waals surface area contributed by atoms with Gasteiger partial charge < -0.3 is 15.1 Å². The lowest BCUT2D eigenvalue weighted by atomic mass is 10.1. The number of carbonyl (C=O) groups is 1. The van der Waals surface area contributed by atoms with Gasteiger partial charge in [0.25, 0.3) is 0 Å². The molecule has 1 aromatic carbocycles. The molecule has 1 fully saturated rings. The number of nitrogens with one attached hydrogen (secondary N) is 1. The van der Waals surface area contributed by atoms with Crippen molar-refractivity contribution >= 4 is 29.3 Å². The molecule has 0 unspecified atom stereocenters. The van der Waals surface area contributed by atoms with Crippen LogP contribution in [0.1, 0.15) is 17.7 Å². The number of hydrogen-bond acceptors (Lipinski definition) is 4. The molecular weight excluding hydrogens is 326 g/mol. The molecule has 7 heteroatoms. The maximum absolute atomic E-state index is 12.3. The third-order valence-corrected chi connectivity index (χ3v) is 4.65. The Hall–Kier alpha value is -2.34. The summed E-state index contributed by atoms with van der Waals surface area (Å²) in [5.74, 6) is 0.554.